The van der Waals surface area contributed by atoms with Gasteiger partial charge in [0, 0.05) is 45.4 Å². The summed E-state index contributed by atoms with van der Waals surface area (Å²) in [5, 5.41) is 15.1. The topological polar surface area (TPSA) is 71.2 Å². The van der Waals surface area contributed by atoms with Crippen LogP contribution < -0.4 is 4.90 Å². The average molecular weight is 478 g/mol. The molecule has 1 aromatic heterocycles. The molecule has 0 aliphatic carbocycles. The number of aliphatic hydroxyl groups excluding tert-OH is 1. The molecule has 0 fully saturated rings. The second-order valence-corrected chi connectivity index (χ2v) is 8.83. The fourth-order valence-corrected chi connectivity index (χ4v) is 4.50. The first-order valence-electron chi connectivity index (χ1n) is 12.1. The number of nitrogens with zero attached hydrogens (tertiary/aromatic N) is 3. The second kappa shape index (κ2) is 12.7. The van der Waals surface area contributed by atoms with Crippen LogP contribution in [0.1, 0.15) is 16.7 Å². The highest BCUT2D eigenvalue weighted by molar-refractivity contribution is 5.68. The largest absolute Gasteiger partial charge is 0.389 e. The van der Waals surface area contributed by atoms with Crippen LogP contribution in [0.2, 0.25) is 0 Å². The Morgan fingerprint density at radius 3 is 2.71 bits per heavy atom. The number of rotatable bonds is 13. The molecule has 7 nitrogen and oxygen atoms in total. The Balaban J connectivity index is 1.61. The summed E-state index contributed by atoms with van der Waals surface area (Å²) in [6.45, 7) is 8.21. The Labute approximate surface area is 207 Å². The minimum absolute atomic E-state index is 0.250. The summed E-state index contributed by atoms with van der Waals surface area (Å²) >= 11 is 0. The quantitative estimate of drug-likeness (QED) is 0.296. The molecular weight excluding hydrogens is 442 g/mol. The van der Waals surface area contributed by atoms with Gasteiger partial charge in [-0.25, -0.2) is 0 Å². The van der Waals surface area contributed by atoms with Crippen LogP contribution in [0, 0.1) is 0 Å². The monoisotopic (exact) mass is 477 g/mol. The van der Waals surface area contributed by atoms with E-state index in [1.807, 2.05) is 30.3 Å². The molecule has 1 aliphatic heterocycles. The van der Waals surface area contributed by atoms with Crippen molar-refractivity contribution < 1.29 is 19.1 Å². The predicted molar refractivity (Wildman–Crippen MR) is 137 cm³/mol. The lowest BCUT2D eigenvalue weighted by Gasteiger charge is -2.30. The zero-order valence-electron chi connectivity index (χ0n) is 20.4. The molecular formula is C28H35N3O4. The van der Waals surface area contributed by atoms with Gasteiger partial charge >= 0.3 is 0 Å². The van der Waals surface area contributed by atoms with Crippen molar-refractivity contribution in [3.63, 3.8) is 0 Å². The molecule has 0 spiro atoms. The van der Waals surface area contributed by atoms with Crippen LogP contribution in [-0.2, 0) is 29.0 Å². The summed E-state index contributed by atoms with van der Waals surface area (Å²) in [7, 11) is 1.69. The van der Waals surface area contributed by atoms with Crippen molar-refractivity contribution in [3.8, 4) is 11.3 Å². The third-order valence-electron chi connectivity index (χ3n) is 6.24. The van der Waals surface area contributed by atoms with Gasteiger partial charge < -0.3 is 24.0 Å². The molecule has 35 heavy (non-hydrogen) atoms. The molecule has 0 radical (unpaired) electrons. The lowest BCUT2D eigenvalue weighted by atomic mass is 9.99. The summed E-state index contributed by atoms with van der Waals surface area (Å²) in [6.07, 6.45) is 2.02. The first-order chi connectivity index (χ1) is 17.2. The lowest BCUT2D eigenvalue weighted by Crippen LogP contribution is -2.37. The van der Waals surface area contributed by atoms with Crippen molar-refractivity contribution in [2.24, 2.45) is 0 Å². The van der Waals surface area contributed by atoms with Crippen molar-refractivity contribution in [1.82, 2.24) is 10.1 Å². The first-order valence-corrected chi connectivity index (χ1v) is 12.1. The summed E-state index contributed by atoms with van der Waals surface area (Å²) in [5.41, 5.74) is 5.56. The van der Waals surface area contributed by atoms with E-state index >= 15 is 0 Å². The van der Waals surface area contributed by atoms with Gasteiger partial charge in [0.05, 0.1) is 31.5 Å². The summed E-state index contributed by atoms with van der Waals surface area (Å²) in [5.74, 6) is 0.790. The van der Waals surface area contributed by atoms with Gasteiger partial charge in [-0.1, -0.05) is 65.8 Å². The maximum Gasteiger partial charge on any atom is 0.232 e. The van der Waals surface area contributed by atoms with Gasteiger partial charge in [-0.05, 0) is 17.5 Å². The number of aromatic nitrogens is 1. The zero-order chi connectivity index (χ0) is 24.5. The van der Waals surface area contributed by atoms with Gasteiger partial charge in [-0.2, -0.15) is 0 Å². The molecule has 0 bridgehead atoms. The Bertz CT molecular complexity index is 1070. The maximum atomic E-state index is 10.6. The molecule has 1 unspecified atom stereocenters. The first kappa shape index (κ1) is 25.1. The number of ether oxygens (including phenoxy) is 2. The summed E-state index contributed by atoms with van der Waals surface area (Å²) in [6, 6.07) is 18.7. The normalized spacial score (nSPS) is 14.2. The fraction of sp³-hybridized carbons (Fsp3) is 0.393. The molecule has 2 aromatic carbocycles. The molecule has 3 aromatic rings. The van der Waals surface area contributed by atoms with Gasteiger partial charge in [0.1, 0.15) is 5.69 Å². The average Bonchev–Trinajstić information content (AvgIpc) is 3.31. The predicted octanol–water partition coefficient (Wildman–Crippen LogP) is 3.92. The molecule has 0 saturated carbocycles. The molecule has 0 saturated heterocycles. The van der Waals surface area contributed by atoms with E-state index in [0.29, 0.717) is 32.8 Å². The summed E-state index contributed by atoms with van der Waals surface area (Å²) in [4.78, 5) is 4.45. The molecule has 2 heterocycles. The molecule has 0 amide bonds. The summed E-state index contributed by atoms with van der Waals surface area (Å²) < 4.78 is 16.8. The molecule has 4 rings (SSSR count). The Kier molecular flexibility index (Phi) is 9.08. The van der Waals surface area contributed by atoms with Crippen molar-refractivity contribution >= 4 is 5.88 Å². The number of anilines is 1. The maximum absolute atomic E-state index is 10.6. The highest BCUT2D eigenvalue weighted by Gasteiger charge is 2.27. The van der Waals surface area contributed by atoms with E-state index in [9.17, 15) is 5.11 Å². The fourth-order valence-electron chi connectivity index (χ4n) is 4.50. The number of hydrogen-bond donors (Lipinski definition) is 1. The molecule has 1 atom stereocenters. The van der Waals surface area contributed by atoms with E-state index < -0.39 is 6.10 Å². The van der Waals surface area contributed by atoms with Gasteiger partial charge in [-0.15, -0.1) is 6.58 Å². The van der Waals surface area contributed by atoms with Crippen LogP contribution in [0.15, 0.2) is 71.8 Å². The van der Waals surface area contributed by atoms with Gasteiger partial charge in [0.2, 0.25) is 5.88 Å². The van der Waals surface area contributed by atoms with E-state index in [4.69, 9.17) is 14.0 Å². The third kappa shape index (κ3) is 6.58. The van der Waals surface area contributed by atoms with Crippen LogP contribution in [0.5, 0.6) is 0 Å². The van der Waals surface area contributed by atoms with Crippen LogP contribution in [0.3, 0.4) is 0 Å². The number of methoxy groups -OCH3 is 1. The van der Waals surface area contributed by atoms with E-state index in [-0.39, 0.29) is 6.61 Å². The van der Waals surface area contributed by atoms with E-state index in [2.05, 4.69) is 45.8 Å². The standard InChI is InChI=1S/C28H35N3O4/c1-3-16-34-21-25(32)19-30(15-17-33-2)20-26-27(23-10-5-4-6-11-23)29-35-28(26)31-14-13-22-9-7-8-12-24(22)18-31/h3-12,25,32H,1,13-21H2,2H3. The van der Waals surface area contributed by atoms with Crippen molar-refractivity contribution in [3.05, 3.63) is 83.9 Å². The number of fused-ring (bicyclic) bond motifs is 1. The van der Waals surface area contributed by atoms with Crippen molar-refractivity contribution in [1.29, 1.82) is 0 Å². The highest BCUT2D eigenvalue weighted by Crippen LogP contribution is 2.35. The van der Waals surface area contributed by atoms with Gasteiger partial charge in [0.25, 0.3) is 0 Å². The number of hydrogen-bond acceptors (Lipinski definition) is 7. The van der Waals surface area contributed by atoms with Crippen LogP contribution in [0.25, 0.3) is 11.3 Å². The van der Waals surface area contributed by atoms with Gasteiger partial charge in [-0.3, -0.25) is 4.90 Å². The molecule has 186 valence electrons. The minimum Gasteiger partial charge on any atom is -0.389 e. The lowest BCUT2D eigenvalue weighted by molar-refractivity contribution is 0.0194. The van der Waals surface area contributed by atoms with E-state index in [1.165, 1.54) is 11.1 Å². The van der Waals surface area contributed by atoms with Gasteiger partial charge in [0.15, 0.2) is 0 Å². The number of aliphatic hydroxyl groups is 1. The zero-order valence-corrected chi connectivity index (χ0v) is 20.4. The second-order valence-electron chi connectivity index (χ2n) is 8.83. The Morgan fingerprint density at radius 1 is 1.17 bits per heavy atom. The Hall–Kier alpha value is -2.97. The Morgan fingerprint density at radius 2 is 1.94 bits per heavy atom. The SMILES string of the molecule is C=CCOCC(O)CN(CCOC)Cc1c(-c2ccccc2)noc1N1CCc2ccccc2C1. The van der Waals surface area contributed by atoms with E-state index in [1.54, 1.807) is 13.2 Å². The molecule has 1 aliphatic rings. The van der Waals surface area contributed by atoms with Crippen molar-refractivity contribution in [2.75, 3.05) is 51.5 Å². The smallest absolute Gasteiger partial charge is 0.232 e. The van der Waals surface area contributed by atoms with Crippen LogP contribution in [0.4, 0.5) is 5.88 Å². The molecule has 1 N–H and O–H groups in total. The van der Waals surface area contributed by atoms with Crippen LogP contribution in [-0.4, -0.2) is 67.8 Å². The minimum atomic E-state index is -0.628. The van der Waals surface area contributed by atoms with Crippen molar-refractivity contribution in [2.45, 2.75) is 25.6 Å². The highest BCUT2D eigenvalue weighted by atomic mass is 16.5. The molecule has 7 heteroatoms. The number of benzene rings is 2. The third-order valence-corrected chi connectivity index (χ3v) is 6.24. The van der Waals surface area contributed by atoms with E-state index in [0.717, 1.165) is 42.2 Å². The van der Waals surface area contributed by atoms with Crippen LogP contribution >= 0.6 is 0 Å².